The predicted molar refractivity (Wildman–Crippen MR) is 86.5 cm³/mol. The van der Waals surface area contributed by atoms with Gasteiger partial charge in [0.25, 0.3) is 0 Å². The van der Waals surface area contributed by atoms with Gasteiger partial charge in [-0.25, -0.2) is 15.0 Å². The molecule has 0 unspecified atom stereocenters. The largest absolute Gasteiger partial charge is 0.384 e. The summed E-state index contributed by atoms with van der Waals surface area (Å²) in [6.45, 7) is 6.84. The summed E-state index contributed by atoms with van der Waals surface area (Å²) < 4.78 is 0. The second kappa shape index (κ2) is 5.59. The molecular weight excluding hydrogens is 278 g/mol. The van der Waals surface area contributed by atoms with Crippen molar-refractivity contribution in [1.82, 2.24) is 25.1 Å². The standard InChI is InChI=1S/C15H19N7/c1-4-22(9(2)12-6-5-7-13(16)20-12)15-11-8-17-21-14(11)18-10(3)19-15/h5-9H,4H2,1-3H3,(H2,16,20)(H,17,18,19,21)/t9-/m0/s1. The minimum Gasteiger partial charge on any atom is -0.384 e. The quantitative estimate of drug-likeness (QED) is 0.766. The van der Waals surface area contributed by atoms with E-state index in [9.17, 15) is 0 Å². The Labute approximate surface area is 128 Å². The molecule has 1 atom stereocenters. The van der Waals surface area contributed by atoms with E-state index in [1.165, 1.54) is 0 Å². The maximum atomic E-state index is 5.80. The highest BCUT2D eigenvalue weighted by Crippen LogP contribution is 2.29. The lowest BCUT2D eigenvalue weighted by Gasteiger charge is -2.29. The lowest BCUT2D eigenvalue weighted by atomic mass is 10.1. The minimum atomic E-state index is 0.0425. The van der Waals surface area contributed by atoms with Crippen LogP contribution in [-0.4, -0.2) is 31.7 Å². The number of anilines is 2. The van der Waals surface area contributed by atoms with Crippen LogP contribution in [0.5, 0.6) is 0 Å². The highest BCUT2D eigenvalue weighted by Gasteiger charge is 2.21. The molecule has 0 aliphatic carbocycles. The molecule has 22 heavy (non-hydrogen) atoms. The molecule has 3 aromatic heterocycles. The number of rotatable bonds is 4. The van der Waals surface area contributed by atoms with Gasteiger partial charge in [-0.1, -0.05) is 6.07 Å². The summed E-state index contributed by atoms with van der Waals surface area (Å²) in [4.78, 5) is 15.6. The first-order valence-corrected chi connectivity index (χ1v) is 7.27. The first-order chi connectivity index (χ1) is 10.6. The first-order valence-electron chi connectivity index (χ1n) is 7.27. The van der Waals surface area contributed by atoms with Gasteiger partial charge in [-0.3, -0.25) is 5.10 Å². The van der Waals surface area contributed by atoms with Gasteiger partial charge in [-0.15, -0.1) is 0 Å². The van der Waals surface area contributed by atoms with Crippen LogP contribution < -0.4 is 10.6 Å². The number of nitrogens with two attached hydrogens (primary N) is 1. The van der Waals surface area contributed by atoms with Crippen LogP contribution in [0.4, 0.5) is 11.6 Å². The third kappa shape index (κ3) is 2.45. The van der Waals surface area contributed by atoms with Crippen LogP contribution in [0.1, 0.15) is 31.4 Å². The van der Waals surface area contributed by atoms with Crippen LogP contribution in [0, 0.1) is 6.92 Å². The molecule has 0 radical (unpaired) electrons. The van der Waals surface area contributed by atoms with Crippen molar-refractivity contribution in [3.05, 3.63) is 35.9 Å². The maximum absolute atomic E-state index is 5.80. The van der Waals surface area contributed by atoms with Gasteiger partial charge in [0.15, 0.2) is 5.65 Å². The van der Waals surface area contributed by atoms with Crippen molar-refractivity contribution >= 4 is 22.7 Å². The van der Waals surface area contributed by atoms with E-state index >= 15 is 0 Å². The van der Waals surface area contributed by atoms with E-state index in [1.807, 2.05) is 19.1 Å². The molecule has 3 aromatic rings. The van der Waals surface area contributed by atoms with Crippen molar-refractivity contribution < 1.29 is 0 Å². The predicted octanol–water partition coefficient (Wildman–Crippen LogP) is 2.23. The number of aromatic amines is 1. The number of nitrogens with one attached hydrogen (secondary N) is 1. The van der Waals surface area contributed by atoms with Crippen LogP contribution in [0.3, 0.4) is 0 Å². The molecular formula is C15H19N7. The van der Waals surface area contributed by atoms with Crippen LogP contribution in [-0.2, 0) is 0 Å². The Kier molecular flexibility index (Phi) is 3.62. The van der Waals surface area contributed by atoms with E-state index in [4.69, 9.17) is 5.73 Å². The fraction of sp³-hybridized carbons (Fsp3) is 0.333. The van der Waals surface area contributed by atoms with Crippen molar-refractivity contribution in [3.63, 3.8) is 0 Å². The molecule has 0 aliphatic heterocycles. The highest BCUT2D eigenvalue weighted by atomic mass is 15.2. The molecule has 0 aliphatic rings. The van der Waals surface area contributed by atoms with E-state index in [2.05, 4.69) is 43.9 Å². The second-order valence-electron chi connectivity index (χ2n) is 5.18. The molecule has 3 heterocycles. The lowest BCUT2D eigenvalue weighted by molar-refractivity contribution is 0.663. The Balaban J connectivity index is 2.08. The van der Waals surface area contributed by atoms with E-state index < -0.39 is 0 Å². The molecule has 0 fully saturated rings. The molecule has 0 saturated heterocycles. The van der Waals surface area contributed by atoms with Crippen LogP contribution in [0.2, 0.25) is 0 Å². The molecule has 0 spiro atoms. The SMILES string of the molecule is CCN(c1nc(C)nc2[nH]ncc12)[C@@H](C)c1cccc(N)n1. The molecule has 0 amide bonds. The first kappa shape index (κ1) is 14.2. The molecule has 3 N–H and O–H groups in total. The molecule has 7 nitrogen and oxygen atoms in total. The molecule has 7 heteroatoms. The number of fused-ring (bicyclic) bond motifs is 1. The monoisotopic (exact) mass is 297 g/mol. The third-order valence-corrected chi connectivity index (χ3v) is 3.70. The van der Waals surface area contributed by atoms with Crippen molar-refractivity contribution in [3.8, 4) is 0 Å². The minimum absolute atomic E-state index is 0.0425. The van der Waals surface area contributed by atoms with Gasteiger partial charge in [0.1, 0.15) is 17.5 Å². The second-order valence-corrected chi connectivity index (χ2v) is 5.18. The Morgan fingerprint density at radius 1 is 1.27 bits per heavy atom. The number of nitrogen functional groups attached to an aromatic ring is 1. The van der Waals surface area contributed by atoms with Crippen molar-refractivity contribution in [2.45, 2.75) is 26.8 Å². The third-order valence-electron chi connectivity index (χ3n) is 3.70. The summed E-state index contributed by atoms with van der Waals surface area (Å²) >= 11 is 0. The van der Waals surface area contributed by atoms with Gasteiger partial charge < -0.3 is 10.6 Å². The van der Waals surface area contributed by atoms with Gasteiger partial charge in [-0.05, 0) is 32.9 Å². The van der Waals surface area contributed by atoms with Crippen molar-refractivity contribution in [2.75, 3.05) is 17.2 Å². The summed E-state index contributed by atoms with van der Waals surface area (Å²) in [5.41, 5.74) is 7.46. The van der Waals surface area contributed by atoms with E-state index in [0.717, 1.165) is 29.1 Å². The summed E-state index contributed by atoms with van der Waals surface area (Å²) in [7, 11) is 0. The van der Waals surface area contributed by atoms with Crippen molar-refractivity contribution in [2.24, 2.45) is 0 Å². The molecule has 0 aromatic carbocycles. The van der Waals surface area contributed by atoms with Crippen molar-refractivity contribution in [1.29, 1.82) is 0 Å². The number of nitrogens with zero attached hydrogens (tertiary/aromatic N) is 5. The average Bonchev–Trinajstić information content (AvgIpc) is 2.96. The lowest BCUT2D eigenvalue weighted by Crippen LogP contribution is -2.28. The number of pyridine rings is 1. The van der Waals surface area contributed by atoms with Gasteiger partial charge >= 0.3 is 0 Å². The van der Waals surface area contributed by atoms with Crippen LogP contribution >= 0.6 is 0 Å². The molecule has 0 saturated carbocycles. The topological polar surface area (TPSA) is 96.6 Å². The van der Waals surface area contributed by atoms with Gasteiger partial charge in [0, 0.05) is 6.54 Å². The molecule has 0 bridgehead atoms. The zero-order valence-corrected chi connectivity index (χ0v) is 12.9. The molecule has 3 rings (SSSR count). The van der Waals surface area contributed by atoms with Gasteiger partial charge in [0.2, 0.25) is 0 Å². The zero-order valence-electron chi connectivity index (χ0n) is 12.9. The van der Waals surface area contributed by atoms with Gasteiger partial charge in [-0.2, -0.15) is 5.10 Å². The normalized spacial score (nSPS) is 12.5. The van der Waals surface area contributed by atoms with Gasteiger partial charge in [0.05, 0.1) is 23.3 Å². The number of aromatic nitrogens is 5. The van der Waals surface area contributed by atoms with E-state index in [-0.39, 0.29) is 6.04 Å². The smallest absolute Gasteiger partial charge is 0.161 e. The summed E-state index contributed by atoms with van der Waals surface area (Å²) in [6.07, 6.45) is 1.76. The van der Waals surface area contributed by atoms with Crippen LogP contribution in [0.25, 0.3) is 11.0 Å². The zero-order chi connectivity index (χ0) is 15.7. The average molecular weight is 297 g/mol. The van der Waals surface area contributed by atoms with Crippen LogP contribution in [0.15, 0.2) is 24.4 Å². The number of H-pyrrole nitrogens is 1. The Hall–Kier alpha value is -2.70. The summed E-state index contributed by atoms with van der Waals surface area (Å²) in [5.74, 6) is 2.08. The Morgan fingerprint density at radius 2 is 2.09 bits per heavy atom. The fourth-order valence-corrected chi connectivity index (χ4v) is 2.62. The Bertz CT molecular complexity index is 795. The molecule has 114 valence electrons. The highest BCUT2D eigenvalue weighted by molar-refractivity contribution is 5.86. The maximum Gasteiger partial charge on any atom is 0.161 e. The summed E-state index contributed by atoms with van der Waals surface area (Å²) in [5, 5.41) is 7.89. The number of aryl methyl sites for hydroxylation is 1. The fourth-order valence-electron chi connectivity index (χ4n) is 2.62. The Morgan fingerprint density at radius 3 is 2.82 bits per heavy atom. The van der Waals surface area contributed by atoms with E-state index in [0.29, 0.717) is 11.6 Å². The number of hydrogen-bond donors (Lipinski definition) is 2. The summed E-state index contributed by atoms with van der Waals surface area (Å²) in [6, 6.07) is 5.72. The van der Waals surface area contributed by atoms with E-state index in [1.54, 1.807) is 12.3 Å². The number of hydrogen-bond acceptors (Lipinski definition) is 6.